The van der Waals surface area contributed by atoms with Gasteiger partial charge in [-0.3, -0.25) is 9.36 Å². The molecule has 2 aliphatic heterocycles. The lowest BCUT2D eigenvalue weighted by molar-refractivity contribution is 0.00843. The highest BCUT2D eigenvalue weighted by Gasteiger charge is 2.64. The predicted molar refractivity (Wildman–Crippen MR) is 138 cm³/mol. The van der Waals surface area contributed by atoms with Crippen molar-refractivity contribution >= 4 is 28.7 Å². The van der Waals surface area contributed by atoms with E-state index in [-0.39, 0.29) is 28.0 Å². The molecule has 0 unspecified atom stereocenters. The minimum atomic E-state index is -2.87. The van der Waals surface area contributed by atoms with Gasteiger partial charge in [-0.15, -0.1) is 11.6 Å². The third-order valence-corrected chi connectivity index (χ3v) is 18.0. The molecule has 1 aromatic rings. The molecule has 2 aliphatic rings. The Bertz CT molecular complexity index is 992. The molecule has 0 N–H and O–H groups in total. The van der Waals surface area contributed by atoms with Gasteiger partial charge in [-0.2, -0.15) is 0 Å². The fourth-order valence-corrected chi connectivity index (χ4v) is 17.0. The zero-order valence-electron chi connectivity index (χ0n) is 22.1. The average molecular weight is 533 g/mol. The first kappa shape index (κ1) is 27.8. The number of hydrogen-bond donors (Lipinski definition) is 0. The number of nitrogens with zero attached hydrogens (tertiary/aromatic N) is 2. The van der Waals surface area contributed by atoms with Crippen molar-refractivity contribution < 1.29 is 17.7 Å². The minimum Gasteiger partial charge on any atom is -0.414 e. The largest absolute Gasteiger partial charge is 0.414 e. The van der Waals surface area contributed by atoms with E-state index in [0.717, 1.165) is 4.57 Å². The van der Waals surface area contributed by atoms with Crippen LogP contribution in [0.5, 0.6) is 0 Å². The molecule has 0 saturated carbocycles. The predicted octanol–water partition coefficient (Wildman–Crippen LogP) is 4.09. The lowest BCUT2D eigenvalue weighted by Crippen LogP contribution is -2.60. The van der Waals surface area contributed by atoms with Gasteiger partial charge < -0.3 is 22.3 Å². The van der Waals surface area contributed by atoms with Gasteiger partial charge in [-0.1, -0.05) is 55.4 Å². The number of hydrogen-bond acceptors (Lipinski definition) is 6. The van der Waals surface area contributed by atoms with Crippen molar-refractivity contribution in [2.75, 3.05) is 5.88 Å². The summed E-state index contributed by atoms with van der Waals surface area (Å²) in [5, 5.41) is 0. The van der Waals surface area contributed by atoms with Crippen LogP contribution in [0, 0.1) is 0 Å². The molecule has 3 rings (SSSR count). The highest BCUT2D eigenvalue weighted by Crippen LogP contribution is 2.51. The van der Waals surface area contributed by atoms with Crippen molar-refractivity contribution in [3.63, 3.8) is 0 Å². The van der Waals surface area contributed by atoms with Crippen LogP contribution < -0.4 is 11.2 Å². The van der Waals surface area contributed by atoms with Crippen LogP contribution in [-0.4, -0.2) is 50.4 Å². The summed E-state index contributed by atoms with van der Waals surface area (Å²) in [4.78, 5) is 25.5. The van der Waals surface area contributed by atoms with Crippen molar-refractivity contribution in [3.8, 4) is 0 Å². The summed E-state index contributed by atoms with van der Waals surface area (Å²) in [6.45, 7) is 17.3. The molecule has 2 saturated heterocycles. The third-order valence-electron chi connectivity index (χ3n) is 7.42. The van der Waals surface area contributed by atoms with E-state index in [9.17, 15) is 9.59 Å². The molecule has 4 atom stereocenters. The van der Waals surface area contributed by atoms with Gasteiger partial charge in [-0.25, -0.2) is 4.79 Å². The first-order valence-electron chi connectivity index (χ1n) is 12.3. The van der Waals surface area contributed by atoms with E-state index < -0.39 is 52.8 Å². The fourth-order valence-electron chi connectivity index (χ4n) is 5.48. The van der Waals surface area contributed by atoms with E-state index >= 15 is 0 Å². The van der Waals surface area contributed by atoms with Crippen molar-refractivity contribution in [3.05, 3.63) is 32.6 Å². The lowest BCUT2D eigenvalue weighted by Gasteiger charge is -2.46. The third kappa shape index (κ3) is 4.33. The molecular formula is C23H41ClN2O6Si2. The maximum Gasteiger partial charge on any atom is 0.335 e. The van der Waals surface area contributed by atoms with Gasteiger partial charge in [0.1, 0.15) is 18.3 Å². The molecule has 0 spiro atoms. The summed E-state index contributed by atoms with van der Waals surface area (Å²) in [6, 6.07) is 0. The van der Waals surface area contributed by atoms with Gasteiger partial charge in [0.05, 0.1) is 17.5 Å². The number of aromatic nitrogens is 2. The topological polar surface area (TPSA) is 80.9 Å². The van der Waals surface area contributed by atoms with Crippen LogP contribution in [0.25, 0.3) is 0 Å². The van der Waals surface area contributed by atoms with Crippen LogP contribution in [-0.2, 0) is 31.8 Å². The minimum absolute atomic E-state index is 0.151. The number of alkyl halides is 1. The summed E-state index contributed by atoms with van der Waals surface area (Å²) in [5.74, 6) is 0.200. The number of aryl methyl sites for hydroxylation is 1. The summed E-state index contributed by atoms with van der Waals surface area (Å²) >= 11 is 6.40. The Morgan fingerprint density at radius 3 is 1.79 bits per heavy atom. The second-order valence-electron chi connectivity index (χ2n) is 10.9. The van der Waals surface area contributed by atoms with Crippen LogP contribution in [0.3, 0.4) is 0 Å². The van der Waals surface area contributed by atoms with E-state index in [2.05, 4.69) is 55.4 Å². The Hall–Kier alpha value is -0.756. The molecule has 1 aromatic heterocycles. The molecule has 194 valence electrons. The Labute approximate surface area is 210 Å². The van der Waals surface area contributed by atoms with Gasteiger partial charge in [0, 0.05) is 20.3 Å². The van der Waals surface area contributed by atoms with E-state index in [1.54, 1.807) is 13.2 Å². The standard InChI is InChI=1S/C23H41ClN2O6Si2/c1-13(2)33(14(3)4)30-20-18(11-24)29-19(17-12-25(9)23(28)26(10)22(17)27)21(20)31-34(32-33,15(5)6)16(7)8/h12-16,18-21H,11H2,1-10H3/t18-,19+,20-,21+/m1/s1. The molecular weight excluding hydrogens is 492 g/mol. The van der Waals surface area contributed by atoms with E-state index in [1.807, 2.05) is 0 Å². The van der Waals surface area contributed by atoms with Crippen molar-refractivity contribution in [2.45, 2.75) is 102 Å². The molecule has 34 heavy (non-hydrogen) atoms. The summed E-state index contributed by atoms with van der Waals surface area (Å²) < 4.78 is 30.2. The van der Waals surface area contributed by atoms with Gasteiger partial charge in [-0.05, 0) is 22.2 Å². The molecule has 0 amide bonds. The SMILES string of the molecule is CC(C)[Si]1(C(C)C)O[C@@H]2[C@H](O[Si](C(C)C)(C(C)C)O1)[C@@H](CCl)O[C@H]2c1cn(C)c(=O)n(C)c1=O. The van der Waals surface area contributed by atoms with Gasteiger partial charge in [0.15, 0.2) is 0 Å². The Morgan fingerprint density at radius 2 is 1.35 bits per heavy atom. The summed E-state index contributed by atoms with van der Waals surface area (Å²) in [7, 11) is -2.58. The van der Waals surface area contributed by atoms with Crippen LogP contribution >= 0.6 is 11.6 Å². The van der Waals surface area contributed by atoms with E-state index in [0.29, 0.717) is 5.56 Å². The molecule has 0 radical (unpaired) electrons. The first-order chi connectivity index (χ1) is 15.7. The number of ether oxygens (including phenoxy) is 1. The van der Waals surface area contributed by atoms with E-state index in [4.69, 9.17) is 29.3 Å². The highest BCUT2D eigenvalue weighted by molar-refractivity contribution is 6.84. The Kier molecular flexibility index (Phi) is 8.14. The zero-order valence-corrected chi connectivity index (χ0v) is 24.9. The molecule has 2 fully saturated rings. The van der Waals surface area contributed by atoms with Gasteiger partial charge >= 0.3 is 22.8 Å². The van der Waals surface area contributed by atoms with Crippen LogP contribution in [0.2, 0.25) is 22.2 Å². The smallest absolute Gasteiger partial charge is 0.335 e. The molecule has 0 aliphatic carbocycles. The zero-order chi connectivity index (χ0) is 25.7. The van der Waals surface area contributed by atoms with Crippen LogP contribution in [0.1, 0.15) is 67.1 Å². The van der Waals surface area contributed by atoms with Crippen molar-refractivity contribution in [2.24, 2.45) is 14.1 Å². The summed E-state index contributed by atoms with van der Waals surface area (Å²) in [6.07, 6.45) is -0.640. The quantitative estimate of drug-likeness (QED) is 0.405. The fraction of sp³-hybridized carbons (Fsp3) is 0.826. The average Bonchev–Trinajstić information content (AvgIpc) is 2.98. The molecule has 0 aromatic carbocycles. The van der Waals surface area contributed by atoms with E-state index in [1.165, 1.54) is 11.6 Å². The molecule has 0 bridgehead atoms. The van der Waals surface area contributed by atoms with Crippen molar-refractivity contribution in [1.82, 2.24) is 9.13 Å². The van der Waals surface area contributed by atoms with Crippen molar-refractivity contribution in [1.29, 1.82) is 0 Å². The van der Waals surface area contributed by atoms with Gasteiger partial charge in [0.25, 0.3) is 5.56 Å². The second-order valence-corrected chi connectivity index (χ2v) is 20.0. The summed E-state index contributed by atoms with van der Waals surface area (Å²) in [5.41, 5.74) is 0.246. The number of halogens is 1. The Morgan fingerprint density at radius 1 is 0.882 bits per heavy atom. The highest BCUT2D eigenvalue weighted by atomic mass is 35.5. The Balaban J connectivity index is 2.26. The molecule has 8 nitrogen and oxygen atoms in total. The lowest BCUT2D eigenvalue weighted by atomic mass is 10.0. The number of rotatable bonds is 6. The maximum absolute atomic E-state index is 13.2. The van der Waals surface area contributed by atoms with Crippen LogP contribution in [0.15, 0.2) is 15.8 Å². The van der Waals surface area contributed by atoms with Crippen LogP contribution in [0.4, 0.5) is 0 Å². The maximum atomic E-state index is 13.2. The first-order valence-corrected chi connectivity index (χ1v) is 16.7. The number of fused-ring (bicyclic) bond motifs is 1. The normalized spacial score (nSPS) is 28.7. The van der Waals surface area contributed by atoms with Gasteiger partial charge in [0.2, 0.25) is 0 Å². The molecule has 3 heterocycles. The molecule has 11 heteroatoms. The second kappa shape index (κ2) is 9.95. The monoisotopic (exact) mass is 532 g/mol.